The molecule has 0 aliphatic rings. The van der Waals surface area contributed by atoms with Crippen molar-refractivity contribution in [2.75, 3.05) is 0 Å². The van der Waals surface area contributed by atoms with Crippen LogP contribution in [0.2, 0.25) is 0 Å². The van der Waals surface area contributed by atoms with Crippen LogP contribution in [0.1, 0.15) is 33.1 Å². The van der Waals surface area contributed by atoms with Crippen LogP contribution in [0, 0.1) is 5.92 Å². The zero-order chi connectivity index (χ0) is 12.7. The molecule has 1 atom stereocenters. The van der Waals surface area contributed by atoms with Crippen molar-refractivity contribution >= 4 is 17.4 Å². The summed E-state index contributed by atoms with van der Waals surface area (Å²) < 4.78 is 0. The third kappa shape index (κ3) is 4.39. The van der Waals surface area contributed by atoms with Gasteiger partial charge in [-0.25, -0.2) is 0 Å². The van der Waals surface area contributed by atoms with E-state index in [0.29, 0.717) is 12.1 Å². The minimum absolute atomic E-state index is 0.574. The minimum atomic E-state index is -1.03. The summed E-state index contributed by atoms with van der Waals surface area (Å²) in [5.74, 6) is -1.61. The largest absolute Gasteiger partial charge is 0.549 e. The van der Waals surface area contributed by atoms with Crippen molar-refractivity contribution in [3.63, 3.8) is 0 Å². The Bertz CT molecular complexity index is 384. The summed E-state index contributed by atoms with van der Waals surface area (Å²) in [6.45, 7) is 3.79. The first-order chi connectivity index (χ1) is 8.15. The molecule has 1 unspecified atom stereocenters. The summed E-state index contributed by atoms with van der Waals surface area (Å²) >= 11 is 0. The Hall–Kier alpha value is -1.64. The molecule has 0 fully saturated rings. The molecule has 0 saturated carbocycles. The Kier molecular flexibility index (Phi) is 5.40. The highest BCUT2D eigenvalue weighted by Crippen LogP contribution is 2.16. The number of aliphatic carboxylic acids is 1. The van der Waals surface area contributed by atoms with Gasteiger partial charge >= 0.3 is 0 Å². The molecule has 0 N–H and O–H groups in total. The Morgan fingerprint density at radius 1 is 1.35 bits per heavy atom. The topological polar surface area (TPSA) is 52.5 Å². The van der Waals surface area contributed by atoms with E-state index in [0.717, 1.165) is 18.5 Å². The molecule has 3 heteroatoms. The molecule has 1 aromatic carbocycles. The highest BCUT2D eigenvalue weighted by atomic mass is 16.4. The van der Waals surface area contributed by atoms with Crippen LogP contribution in [0.5, 0.6) is 0 Å². The van der Waals surface area contributed by atoms with E-state index in [1.807, 2.05) is 37.3 Å². The Labute approximate surface area is 102 Å². The summed E-state index contributed by atoms with van der Waals surface area (Å²) in [7, 11) is 0. The van der Waals surface area contributed by atoms with Gasteiger partial charge in [0.1, 0.15) is 0 Å². The molecule has 17 heavy (non-hydrogen) atoms. The van der Waals surface area contributed by atoms with Gasteiger partial charge in [-0.15, -0.1) is 0 Å². The lowest BCUT2D eigenvalue weighted by Gasteiger charge is -2.17. The number of para-hydroxylation sites is 1. The lowest BCUT2D eigenvalue weighted by molar-refractivity contribution is -0.309. The molecule has 0 amide bonds. The molecule has 0 heterocycles. The number of carboxylic acid groups (broad SMARTS) is 1. The SMILES string of the molecule is CCCCC(C(=O)[O-])C(C)=Nc1ccccc1. The van der Waals surface area contributed by atoms with E-state index in [1.54, 1.807) is 6.92 Å². The number of carbonyl (C=O) groups excluding carboxylic acids is 1. The number of benzene rings is 1. The van der Waals surface area contributed by atoms with Gasteiger partial charge in [-0.1, -0.05) is 38.0 Å². The zero-order valence-corrected chi connectivity index (χ0v) is 10.3. The predicted octanol–water partition coefficient (Wildman–Crippen LogP) is 2.34. The standard InChI is InChI=1S/C14H19NO2/c1-3-4-10-13(14(16)17)11(2)15-12-8-6-5-7-9-12/h5-9,13H,3-4,10H2,1-2H3,(H,16,17)/p-1. The number of carbonyl (C=O) groups is 1. The van der Waals surface area contributed by atoms with Crippen molar-refractivity contribution in [2.45, 2.75) is 33.1 Å². The first-order valence-corrected chi connectivity index (χ1v) is 5.96. The fourth-order valence-corrected chi connectivity index (χ4v) is 1.69. The second kappa shape index (κ2) is 6.84. The molecule has 1 aromatic rings. The highest BCUT2D eigenvalue weighted by Gasteiger charge is 2.12. The normalized spacial score (nSPS) is 13.4. The maximum absolute atomic E-state index is 11.0. The monoisotopic (exact) mass is 232 g/mol. The van der Waals surface area contributed by atoms with E-state index in [4.69, 9.17) is 0 Å². The Morgan fingerprint density at radius 2 is 2.00 bits per heavy atom. The van der Waals surface area contributed by atoms with Crippen LogP contribution in [0.25, 0.3) is 0 Å². The van der Waals surface area contributed by atoms with Crippen molar-refractivity contribution < 1.29 is 9.90 Å². The molecule has 0 radical (unpaired) electrons. The summed E-state index contributed by atoms with van der Waals surface area (Å²) in [4.78, 5) is 15.4. The zero-order valence-electron chi connectivity index (χ0n) is 10.3. The van der Waals surface area contributed by atoms with Gasteiger partial charge in [-0.3, -0.25) is 4.99 Å². The Morgan fingerprint density at radius 3 is 2.53 bits per heavy atom. The van der Waals surface area contributed by atoms with Crippen molar-refractivity contribution in [2.24, 2.45) is 10.9 Å². The second-order valence-electron chi connectivity index (χ2n) is 4.10. The second-order valence-corrected chi connectivity index (χ2v) is 4.10. The van der Waals surface area contributed by atoms with Crippen molar-refractivity contribution in [1.82, 2.24) is 0 Å². The number of unbranched alkanes of at least 4 members (excludes halogenated alkanes) is 1. The van der Waals surface area contributed by atoms with Crippen LogP contribution >= 0.6 is 0 Å². The first-order valence-electron chi connectivity index (χ1n) is 5.96. The summed E-state index contributed by atoms with van der Waals surface area (Å²) in [5.41, 5.74) is 1.40. The molecule has 0 aliphatic heterocycles. The lowest BCUT2D eigenvalue weighted by atomic mass is 9.97. The third-order valence-corrected chi connectivity index (χ3v) is 2.70. The van der Waals surface area contributed by atoms with Crippen LogP contribution in [0.3, 0.4) is 0 Å². The van der Waals surface area contributed by atoms with Gasteiger partial charge in [0.05, 0.1) is 11.7 Å². The van der Waals surface area contributed by atoms with Gasteiger partial charge in [0, 0.05) is 11.6 Å². The quantitative estimate of drug-likeness (QED) is 0.707. The summed E-state index contributed by atoms with van der Waals surface area (Å²) in [5, 5.41) is 11.0. The van der Waals surface area contributed by atoms with Gasteiger partial charge in [0.15, 0.2) is 0 Å². The van der Waals surface area contributed by atoms with E-state index in [1.165, 1.54) is 0 Å². The maximum Gasteiger partial charge on any atom is 0.0629 e. The molecule has 3 nitrogen and oxygen atoms in total. The molecule has 0 saturated heterocycles. The van der Waals surface area contributed by atoms with E-state index < -0.39 is 11.9 Å². The molecular formula is C14H18NO2-. The number of carboxylic acids is 1. The summed E-state index contributed by atoms with van der Waals surface area (Å²) in [6, 6.07) is 9.38. The number of hydrogen-bond acceptors (Lipinski definition) is 3. The van der Waals surface area contributed by atoms with Gasteiger partial charge < -0.3 is 9.90 Å². The lowest BCUT2D eigenvalue weighted by Crippen LogP contribution is -2.35. The average Bonchev–Trinajstić information content (AvgIpc) is 2.30. The van der Waals surface area contributed by atoms with Crippen LogP contribution < -0.4 is 5.11 Å². The van der Waals surface area contributed by atoms with Crippen molar-refractivity contribution in [3.05, 3.63) is 30.3 Å². The molecule has 0 aliphatic carbocycles. The van der Waals surface area contributed by atoms with Gasteiger partial charge in [-0.2, -0.15) is 0 Å². The fourth-order valence-electron chi connectivity index (χ4n) is 1.69. The highest BCUT2D eigenvalue weighted by molar-refractivity contribution is 6.00. The molecular weight excluding hydrogens is 214 g/mol. The van der Waals surface area contributed by atoms with Crippen LogP contribution in [0.15, 0.2) is 35.3 Å². The minimum Gasteiger partial charge on any atom is -0.549 e. The number of nitrogens with zero attached hydrogens (tertiary/aromatic N) is 1. The predicted molar refractivity (Wildman–Crippen MR) is 67.2 cm³/mol. The number of hydrogen-bond donors (Lipinski definition) is 0. The molecule has 0 aromatic heterocycles. The van der Waals surface area contributed by atoms with Crippen LogP contribution in [-0.4, -0.2) is 11.7 Å². The van der Waals surface area contributed by atoms with Crippen LogP contribution in [0.4, 0.5) is 5.69 Å². The van der Waals surface area contributed by atoms with E-state index in [2.05, 4.69) is 4.99 Å². The maximum atomic E-state index is 11.0. The first kappa shape index (κ1) is 13.4. The number of rotatable bonds is 6. The number of aliphatic imine (C=N–C) groups is 1. The molecule has 0 spiro atoms. The van der Waals surface area contributed by atoms with Crippen molar-refractivity contribution in [1.29, 1.82) is 0 Å². The third-order valence-electron chi connectivity index (χ3n) is 2.70. The summed E-state index contributed by atoms with van der Waals surface area (Å²) in [6.07, 6.45) is 2.45. The smallest absolute Gasteiger partial charge is 0.0629 e. The van der Waals surface area contributed by atoms with Crippen LogP contribution in [-0.2, 0) is 4.79 Å². The fraction of sp³-hybridized carbons (Fsp3) is 0.429. The van der Waals surface area contributed by atoms with Gasteiger partial charge in [-0.05, 0) is 25.5 Å². The van der Waals surface area contributed by atoms with E-state index in [-0.39, 0.29) is 0 Å². The molecule has 0 bridgehead atoms. The van der Waals surface area contributed by atoms with Crippen molar-refractivity contribution in [3.8, 4) is 0 Å². The van der Waals surface area contributed by atoms with E-state index in [9.17, 15) is 9.90 Å². The van der Waals surface area contributed by atoms with Gasteiger partial charge in [0.2, 0.25) is 0 Å². The average molecular weight is 232 g/mol. The Balaban J connectivity index is 2.80. The molecule has 1 rings (SSSR count). The van der Waals surface area contributed by atoms with Gasteiger partial charge in [0.25, 0.3) is 0 Å². The molecule has 92 valence electrons. The van der Waals surface area contributed by atoms with E-state index >= 15 is 0 Å².